The van der Waals surface area contributed by atoms with Crippen LogP contribution in [0.4, 0.5) is 0 Å². The van der Waals surface area contributed by atoms with Crippen molar-refractivity contribution in [3.05, 3.63) is 23.9 Å². The monoisotopic (exact) mass is 337 g/mol. The highest BCUT2D eigenvalue weighted by Crippen LogP contribution is 2.23. The Bertz CT molecular complexity index is 524. The molecular weight excluding hydrogens is 306 g/mol. The molecule has 0 spiro atoms. The van der Waals surface area contributed by atoms with Crippen LogP contribution in [0.3, 0.4) is 0 Å². The number of nitrogens with one attached hydrogen (secondary N) is 1. The van der Waals surface area contributed by atoms with Crippen LogP contribution in [0.15, 0.2) is 23.9 Å². The quantitative estimate of drug-likeness (QED) is 0.634. The van der Waals surface area contributed by atoms with Gasteiger partial charge in [-0.05, 0) is 25.3 Å². The van der Waals surface area contributed by atoms with Crippen molar-refractivity contribution in [2.24, 2.45) is 17.6 Å². The van der Waals surface area contributed by atoms with Crippen molar-refractivity contribution in [2.75, 3.05) is 6.54 Å². The van der Waals surface area contributed by atoms with Gasteiger partial charge >= 0.3 is 0 Å². The molecule has 0 aromatic carbocycles. The smallest absolute Gasteiger partial charge is 0.243 e. The highest BCUT2D eigenvalue weighted by molar-refractivity contribution is 5.89. The summed E-state index contributed by atoms with van der Waals surface area (Å²) >= 11 is 0. The Kier molecular flexibility index (Phi) is 7.02. The summed E-state index contributed by atoms with van der Waals surface area (Å²) in [5.74, 6) is -0.390. The number of likely N-dealkylation sites (tertiary alicyclic amines) is 1. The fraction of sp³-hybridized carbons (Fsp3) is 0.667. The van der Waals surface area contributed by atoms with E-state index in [4.69, 9.17) is 5.73 Å². The van der Waals surface area contributed by atoms with E-state index in [0.717, 1.165) is 5.57 Å². The van der Waals surface area contributed by atoms with Crippen molar-refractivity contribution in [3.8, 4) is 0 Å². The fourth-order valence-corrected chi connectivity index (χ4v) is 2.92. The van der Waals surface area contributed by atoms with Gasteiger partial charge in [0.1, 0.15) is 6.04 Å². The lowest BCUT2D eigenvalue weighted by atomic mass is 9.96. The Labute approximate surface area is 144 Å². The third-order valence-corrected chi connectivity index (χ3v) is 4.75. The van der Waals surface area contributed by atoms with Crippen LogP contribution in [0.1, 0.15) is 41.0 Å². The molecular formula is C18H31N3O3. The van der Waals surface area contributed by atoms with E-state index in [9.17, 15) is 14.7 Å². The van der Waals surface area contributed by atoms with Gasteiger partial charge in [-0.25, -0.2) is 0 Å². The van der Waals surface area contributed by atoms with E-state index in [2.05, 4.69) is 11.9 Å². The summed E-state index contributed by atoms with van der Waals surface area (Å²) in [6.45, 7) is 13.3. The zero-order valence-electron chi connectivity index (χ0n) is 15.4. The number of rotatable bonds is 6. The van der Waals surface area contributed by atoms with Crippen molar-refractivity contribution in [1.29, 1.82) is 0 Å². The number of allylic oxidation sites excluding steroid dienone is 1. The summed E-state index contributed by atoms with van der Waals surface area (Å²) in [4.78, 5) is 26.8. The van der Waals surface area contributed by atoms with Crippen LogP contribution in [0.2, 0.25) is 0 Å². The molecule has 2 amide bonds. The Hall–Kier alpha value is -1.82. The Morgan fingerprint density at radius 1 is 1.33 bits per heavy atom. The van der Waals surface area contributed by atoms with E-state index < -0.39 is 12.1 Å². The van der Waals surface area contributed by atoms with E-state index in [-0.39, 0.29) is 42.7 Å². The first-order valence-corrected chi connectivity index (χ1v) is 8.47. The highest BCUT2D eigenvalue weighted by atomic mass is 16.3. The molecule has 6 heteroatoms. The van der Waals surface area contributed by atoms with Crippen molar-refractivity contribution < 1.29 is 14.7 Å². The van der Waals surface area contributed by atoms with E-state index in [1.807, 2.05) is 27.7 Å². The normalized spacial score (nSPS) is 24.4. The molecule has 136 valence electrons. The standard InChI is InChI=1S/C18H31N3O3/c1-7-15(12(5)19)13(6)20-17(23)16-8-14(22)9-21(16)18(24)11(4)10(2)3/h7,10-11,13-14,16,22H,1,8-9,19H2,2-6H3,(H,20,23)/b15-12-/t11-,13+,14-,16+/m1/s1. The third-order valence-electron chi connectivity index (χ3n) is 4.75. The number of amides is 2. The highest BCUT2D eigenvalue weighted by Gasteiger charge is 2.40. The van der Waals surface area contributed by atoms with Crippen molar-refractivity contribution in [2.45, 2.75) is 59.2 Å². The molecule has 1 fully saturated rings. The molecule has 24 heavy (non-hydrogen) atoms. The van der Waals surface area contributed by atoms with Gasteiger partial charge in [0, 0.05) is 24.6 Å². The molecule has 4 N–H and O–H groups in total. The lowest BCUT2D eigenvalue weighted by Crippen LogP contribution is -2.50. The minimum atomic E-state index is -0.676. The second-order valence-electron chi connectivity index (χ2n) is 7.00. The topological polar surface area (TPSA) is 95.7 Å². The molecule has 1 heterocycles. The van der Waals surface area contributed by atoms with Gasteiger partial charge < -0.3 is 21.1 Å². The lowest BCUT2D eigenvalue weighted by Gasteiger charge is -2.29. The van der Waals surface area contributed by atoms with E-state index in [0.29, 0.717) is 5.70 Å². The van der Waals surface area contributed by atoms with Crippen LogP contribution in [-0.4, -0.2) is 46.6 Å². The van der Waals surface area contributed by atoms with E-state index in [1.165, 1.54) is 4.90 Å². The number of nitrogens with zero attached hydrogens (tertiary/aromatic N) is 1. The first kappa shape index (κ1) is 20.2. The van der Waals surface area contributed by atoms with E-state index in [1.54, 1.807) is 13.0 Å². The largest absolute Gasteiger partial charge is 0.402 e. The molecule has 0 aromatic heterocycles. The maximum absolute atomic E-state index is 12.6. The number of aliphatic hydroxyl groups excluding tert-OH is 1. The Morgan fingerprint density at radius 3 is 2.38 bits per heavy atom. The molecule has 0 unspecified atom stereocenters. The number of carbonyl (C=O) groups is 2. The van der Waals surface area contributed by atoms with Crippen LogP contribution < -0.4 is 11.1 Å². The number of carbonyl (C=O) groups excluding carboxylic acids is 2. The van der Waals surface area contributed by atoms with Crippen LogP contribution >= 0.6 is 0 Å². The molecule has 6 nitrogen and oxygen atoms in total. The van der Waals surface area contributed by atoms with Gasteiger partial charge in [-0.15, -0.1) is 0 Å². The van der Waals surface area contributed by atoms with Gasteiger partial charge in [-0.2, -0.15) is 0 Å². The van der Waals surface area contributed by atoms with Crippen LogP contribution in [0, 0.1) is 11.8 Å². The molecule has 0 radical (unpaired) electrons. The van der Waals surface area contributed by atoms with Gasteiger partial charge in [0.2, 0.25) is 11.8 Å². The summed E-state index contributed by atoms with van der Waals surface area (Å²) in [5.41, 5.74) is 7.13. The molecule has 0 bridgehead atoms. The first-order chi connectivity index (χ1) is 11.1. The predicted molar refractivity (Wildman–Crippen MR) is 94.8 cm³/mol. The average Bonchev–Trinajstić information content (AvgIpc) is 2.87. The zero-order chi connectivity index (χ0) is 18.6. The van der Waals surface area contributed by atoms with E-state index >= 15 is 0 Å². The molecule has 1 aliphatic heterocycles. The van der Waals surface area contributed by atoms with Crippen molar-refractivity contribution in [1.82, 2.24) is 10.2 Å². The molecule has 0 aromatic rings. The summed E-state index contributed by atoms with van der Waals surface area (Å²) in [6.07, 6.45) is 1.20. The van der Waals surface area contributed by atoms with Crippen LogP contribution in [0.5, 0.6) is 0 Å². The number of β-amino-alcohol motifs (C(OH)–C–C–N with tert-alkyl or cyclic N) is 1. The van der Waals surface area contributed by atoms with Gasteiger partial charge in [-0.1, -0.05) is 33.4 Å². The molecule has 1 rings (SSSR count). The maximum Gasteiger partial charge on any atom is 0.243 e. The Morgan fingerprint density at radius 2 is 1.92 bits per heavy atom. The van der Waals surface area contributed by atoms with Crippen LogP contribution in [-0.2, 0) is 9.59 Å². The summed E-state index contributed by atoms with van der Waals surface area (Å²) in [7, 11) is 0. The molecule has 1 aliphatic rings. The van der Waals surface area contributed by atoms with Gasteiger partial charge in [0.25, 0.3) is 0 Å². The second kappa shape index (κ2) is 8.33. The number of hydrogen-bond donors (Lipinski definition) is 3. The average molecular weight is 337 g/mol. The predicted octanol–water partition coefficient (Wildman–Crippen LogP) is 1.16. The minimum absolute atomic E-state index is 0.0937. The zero-order valence-corrected chi connectivity index (χ0v) is 15.4. The summed E-state index contributed by atoms with van der Waals surface area (Å²) in [6, 6.07) is -0.961. The summed E-state index contributed by atoms with van der Waals surface area (Å²) < 4.78 is 0. The van der Waals surface area contributed by atoms with Gasteiger partial charge in [0.05, 0.1) is 12.1 Å². The fourth-order valence-electron chi connectivity index (χ4n) is 2.92. The maximum atomic E-state index is 12.6. The second-order valence-corrected chi connectivity index (χ2v) is 7.00. The van der Waals surface area contributed by atoms with Gasteiger partial charge in [-0.3, -0.25) is 9.59 Å². The van der Waals surface area contributed by atoms with Crippen molar-refractivity contribution in [3.63, 3.8) is 0 Å². The Balaban J connectivity index is 2.89. The SMILES string of the molecule is C=C/C(=C(\C)N)[C@H](C)NC(=O)[C@@H]1C[C@@H](O)CN1C(=O)[C@H](C)C(C)C. The number of aliphatic hydroxyl groups is 1. The first-order valence-electron chi connectivity index (χ1n) is 8.47. The molecule has 4 atom stereocenters. The lowest BCUT2D eigenvalue weighted by molar-refractivity contribution is -0.142. The molecule has 1 saturated heterocycles. The molecule has 0 aliphatic carbocycles. The number of nitrogens with two attached hydrogens (primary N) is 1. The van der Waals surface area contributed by atoms with Crippen LogP contribution in [0.25, 0.3) is 0 Å². The van der Waals surface area contributed by atoms with Crippen molar-refractivity contribution >= 4 is 11.8 Å². The third kappa shape index (κ3) is 4.60. The number of hydrogen-bond acceptors (Lipinski definition) is 4. The molecule has 0 saturated carbocycles. The summed E-state index contributed by atoms with van der Waals surface area (Å²) in [5, 5.41) is 12.8. The minimum Gasteiger partial charge on any atom is -0.402 e. The van der Waals surface area contributed by atoms with Gasteiger partial charge in [0.15, 0.2) is 0 Å².